The van der Waals surface area contributed by atoms with Crippen LogP contribution in [0, 0.1) is 3.57 Å². The second-order valence-corrected chi connectivity index (χ2v) is 9.39. The number of carbonyl (C=O) groups excluding carboxylic acids is 3. The van der Waals surface area contributed by atoms with Crippen molar-refractivity contribution < 1.29 is 28.6 Å². The third-order valence-electron chi connectivity index (χ3n) is 4.31. The molecule has 168 valence electrons. The lowest BCUT2D eigenvalue weighted by Gasteiger charge is -2.13. The number of amides is 2. The van der Waals surface area contributed by atoms with Gasteiger partial charge in [0.25, 0.3) is 11.1 Å². The Bertz CT molecular complexity index is 1120. The zero-order valence-electron chi connectivity index (χ0n) is 16.8. The second-order valence-electron chi connectivity index (χ2n) is 6.42. The highest BCUT2D eigenvalue weighted by Crippen LogP contribution is 2.38. The van der Waals surface area contributed by atoms with Gasteiger partial charge in [-0.2, -0.15) is 0 Å². The number of rotatable bonds is 7. The SMILES string of the molecule is COC(=O)COc1c(I)cc(/C=C2\SC(=O)N(Cc3ccc(Cl)c(Cl)c3)C2=O)cc1OC. The number of methoxy groups -OCH3 is 2. The number of thioether (sulfide) groups is 1. The topological polar surface area (TPSA) is 82.1 Å². The number of halogens is 3. The first-order valence-corrected chi connectivity index (χ1v) is 11.6. The van der Waals surface area contributed by atoms with Gasteiger partial charge in [-0.25, -0.2) is 4.79 Å². The summed E-state index contributed by atoms with van der Waals surface area (Å²) in [6.45, 7) is -0.185. The second kappa shape index (κ2) is 10.8. The molecule has 1 aliphatic rings. The maximum Gasteiger partial charge on any atom is 0.343 e. The first kappa shape index (κ1) is 24.7. The molecule has 2 aromatic carbocycles. The van der Waals surface area contributed by atoms with E-state index in [2.05, 4.69) is 4.74 Å². The van der Waals surface area contributed by atoms with Crippen molar-refractivity contribution in [3.05, 3.63) is 60.0 Å². The number of hydrogen-bond acceptors (Lipinski definition) is 7. The molecule has 0 aromatic heterocycles. The summed E-state index contributed by atoms with van der Waals surface area (Å²) in [5.74, 6) is -0.181. The van der Waals surface area contributed by atoms with Crippen LogP contribution in [0.3, 0.4) is 0 Å². The number of imide groups is 1. The Hall–Kier alpha value is -1.95. The molecule has 0 unspecified atom stereocenters. The minimum Gasteiger partial charge on any atom is -0.493 e. The van der Waals surface area contributed by atoms with Crippen molar-refractivity contribution in [1.29, 1.82) is 0 Å². The van der Waals surface area contributed by atoms with Crippen LogP contribution in [0.25, 0.3) is 6.08 Å². The molecule has 3 rings (SSSR count). The molecule has 0 radical (unpaired) electrons. The van der Waals surface area contributed by atoms with Crippen LogP contribution < -0.4 is 9.47 Å². The first-order chi connectivity index (χ1) is 15.2. The van der Waals surface area contributed by atoms with Gasteiger partial charge >= 0.3 is 5.97 Å². The van der Waals surface area contributed by atoms with E-state index in [1.54, 1.807) is 36.4 Å². The van der Waals surface area contributed by atoms with E-state index >= 15 is 0 Å². The number of esters is 1. The fraction of sp³-hybridized carbons (Fsp3) is 0.190. The Kier molecular flexibility index (Phi) is 8.32. The highest BCUT2D eigenvalue weighted by Gasteiger charge is 2.35. The van der Waals surface area contributed by atoms with Gasteiger partial charge in [-0.3, -0.25) is 14.5 Å². The summed E-state index contributed by atoms with van der Waals surface area (Å²) in [5, 5.41) is 0.363. The first-order valence-electron chi connectivity index (χ1n) is 9.00. The number of ether oxygens (including phenoxy) is 3. The average Bonchev–Trinajstić information content (AvgIpc) is 3.02. The lowest BCUT2D eigenvalue weighted by Crippen LogP contribution is -2.27. The molecule has 0 atom stereocenters. The van der Waals surface area contributed by atoms with E-state index < -0.39 is 11.9 Å². The molecule has 2 amide bonds. The molecule has 0 N–H and O–H groups in total. The number of nitrogens with zero attached hydrogens (tertiary/aromatic N) is 1. The third-order valence-corrected chi connectivity index (χ3v) is 6.76. The smallest absolute Gasteiger partial charge is 0.343 e. The minimum absolute atomic E-state index is 0.0834. The molecule has 1 saturated heterocycles. The van der Waals surface area contributed by atoms with Crippen molar-refractivity contribution in [2.75, 3.05) is 20.8 Å². The molecule has 2 aromatic rings. The lowest BCUT2D eigenvalue weighted by molar-refractivity contribution is -0.143. The summed E-state index contributed by atoms with van der Waals surface area (Å²) in [6, 6.07) is 8.36. The van der Waals surface area contributed by atoms with Crippen LogP contribution in [-0.4, -0.2) is 42.8 Å². The van der Waals surface area contributed by atoms with Gasteiger partial charge in [-0.15, -0.1) is 0 Å². The predicted molar refractivity (Wildman–Crippen MR) is 131 cm³/mol. The van der Waals surface area contributed by atoms with E-state index in [1.165, 1.54) is 14.2 Å². The largest absolute Gasteiger partial charge is 0.493 e. The Morgan fingerprint density at radius 2 is 1.91 bits per heavy atom. The van der Waals surface area contributed by atoms with Crippen molar-refractivity contribution in [1.82, 2.24) is 4.90 Å². The maximum absolute atomic E-state index is 12.8. The van der Waals surface area contributed by atoms with Gasteiger partial charge in [0, 0.05) is 0 Å². The molecule has 0 aliphatic carbocycles. The van der Waals surface area contributed by atoms with Crippen LogP contribution in [-0.2, 0) is 20.9 Å². The van der Waals surface area contributed by atoms with E-state index in [0.717, 1.165) is 16.7 Å². The van der Waals surface area contributed by atoms with Crippen LogP contribution in [0.2, 0.25) is 10.0 Å². The van der Waals surface area contributed by atoms with Crippen LogP contribution in [0.5, 0.6) is 11.5 Å². The summed E-state index contributed by atoms with van der Waals surface area (Å²) >= 11 is 14.8. The zero-order valence-corrected chi connectivity index (χ0v) is 21.3. The van der Waals surface area contributed by atoms with Gasteiger partial charge in [0.1, 0.15) is 0 Å². The Labute approximate surface area is 212 Å². The molecule has 0 bridgehead atoms. The van der Waals surface area contributed by atoms with Crippen molar-refractivity contribution >= 4 is 80.7 Å². The van der Waals surface area contributed by atoms with Crippen LogP contribution >= 0.6 is 57.6 Å². The van der Waals surface area contributed by atoms with Gasteiger partial charge in [-0.1, -0.05) is 29.3 Å². The summed E-state index contributed by atoms with van der Waals surface area (Å²) in [5.41, 5.74) is 1.32. The summed E-state index contributed by atoms with van der Waals surface area (Å²) < 4.78 is 16.1. The van der Waals surface area contributed by atoms with Gasteiger partial charge in [0.05, 0.1) is 39.3 Å². The summed E-state index contributed by atoms with van der Waals surface area (Å²) in [6.07, 6.45) is 1.61. The zero-order chi connectivity index (χ0) is 23.4. The summed E-state index contributed by atoms with van der Waals surface area (Å²) in [7, 11) is 2.73. The van der Waals surface area contributed by atoms with Crippen molar-refractivity contribution in [3.8, 4) is 11.5 Å². The van der Waals surface area contributed by atoms with Gasteiger partial charge < -0.3 is 14.2 Å². The minimum atomic E-state index is -0.525. The van der Waals surface area contributed by atoms with Crippen LogP contribution in [0.15, 0.2) is 35.2 Å². The lowest BCUT2D eigenvalue weighted by atomic mass is 10.1. The van der Waals surface area contributed by atoms with Gasteiger partial charge in [-0.05, 0) is 75.8 Å². The van der Waals surface area contributed by atoms with Crippen LogP contribution in [0.1, 0.15) is 11.1 Å². The molecular weight excluding hydrogens is 592 g/mol. The molecule has 0 saturated carbocycles. The highest BCUT2D eigenvalue weighted by atomic mass is 127. The quantitative estimate of drug-likeness (QED) is 0.237. The molecule has 1 aliphatic heterocycles. The number of hydrogen-bond donors (Lipinski definition) is 0. The molecular formula is C21H16Cl2INO6S. The summed E-state index contributed by atoms with van der Waals surface area (Å²) in [4.78, 5) is 38.1. The van der Waals surface area contributed by atoms with Crippen molar-refractivity contribution in [3.63, 3.8) is 0 Å². The number of carbonyl (C=O) groups is 3. The van der Waals surface area contributed by atoms with Gasteiger partial charge in [0.15, 0.2) is 18.1 Å². The molecule has 32 heavy (non-hydrogen) atoms. The van der Waals surface area contributed by atoms with E-state index in [9.17, 15) is 14.4 Å². The Morgan fingerprint density at radius 1 is 1.16 bits per heavy atom. The molecule has 11 heteroatoms. The predicted octanol–water partition coefficient (Wildman–Crippen LogP) is 5.39. The fourth-order valence-corrected chi connectivity index (χ4v) is 4.70. The number of benzene rings is 2. The molecule has 1 heterocycles. The fourth-order valence-electron chi connectivity index (χ4n) is 2.76. The van der Waals surface area contributed by atoms with E-state index in [4.69, 9.17) is 32.7 Å². The van der Waals surface area contributed by atoms with E-state index in [0.29, 0.717) is 36.2 Å². The molecule has 7 nitrogen and oxygen atoms in total. The molecule has 1 fully saturated rings. The Balaban J connectivity index is 1.82. The third kappa shape index (κ3) is 5.69. The molecule has 0 spiro atoms. The maximum atomic E-state index is 12.8. The monoisotopic (exact) mass is 607 g/mol. The standard InChI is InChI=1S/C21H16Cl2INO6S/c1-29-16-7-12(6-15(24)19(16)31-10-18(26)30-2)8-17-20(27)25(21(28)32-17)9-11-3-4-13(22)14(23)5-11/h3-8H,9-10H2,1-2H3/b17-8-. The Morgan fingerprint density at radius 3 is 2.56 bits per heavy atom. The highest BCUT2D eigenvalue weighted by molar-refractivity contribution is 14.1. The van der Waals surface area contributed by atoms with E-state index in [1.807, 2.05) is 22.6 Å². The average molecular weight is 608 g/mol. The van der Waals surface area contributed by atoms with E-state index in [-0.39, 0.29) is 23.3 Å². The van der Waals surface area contributed by atoms with Crippen molar-refractivity contribution in [2.45, 2.75) is 6.54 Å². The van der Waals surface area contributed by atoms with Crippen molar-refractivity contribution in [2.24, 2.45) is 0 Å². The van der Waals surface area contributed by atoms with Crippen LogP contribution in [0.4, 0.5) is 4.79 Å². The normalized spacial score (nSPS) is 14.8. The van der Waals surface area contributed by atoms with Gasteiger partial charge in [0.2, 0.25) is 0 Å².